The van der Waals surface area contributed by atoms with Crippen LogP contribution in [0.15, 0.2) is 48.8 Å². The molecule has 4 N–H and O–H groups in total. The molecule has 0 aliphatic rings. The van der Waals surface area contributed by atoms with Gasteiger partial charge in [-0.25, -0.2) is 18.7 Å². The summed E-state index contributed by atoms with van der Waals surface area (Å²) in [6.07, 6.45) is 1.34. The summed E-state index contributed by atoms with van der Waals surface area (Å²) < 4.78 is 26.1. The van der Waals surface area contributed by atoms with Crippen molar-refractivity contribution in [1.29, 1.82) is 0 Å². The fraction of sp³-hybridized carbons (Fsp3) is 0.0588. The van der Waals surface area contributed by atoms with Crippen LogP contribution in [-0.4, -0.2) is 9.97 Å². The molecule has 0 aliphatic heterocycles. The van der Waals surface area contributed by atoms with Gasteiger partial charge in [-0.05, 0) is 35.9 Å². The summed E-state index contributed by atoms with van der Waals surface area (Å²) in [7, 11) is 0. The Balaban J connectivity index is 1.75. The van der Waals surface area contributed by atoms with Crippen molar-refractivity contribution in [3.63, 3.8) is 0 Å². The van der Waals surface area contributed by atoms with Gasteiger partial charge < -0.3 is 16.4 Å². The molecule has 1 aromatic heterocycles. The standard InChI is InChI=1S/C17H14ClF2N5/c18-13-7-12(5-6-14(13)20)25-17-15(21)16(23-9-24-17)22-8-10-1-3-11(19)4-2-10/h1-7,9H,8,21H2,(H2,22,23,24,25). The summed E-state index contributed by atoms with van der Waals surface area (Å²) in [6, 6.07) is 10.3. The van der Waals surface area contributed by atoms with E-state index in [1.807, 2.05) is 0 Å². The van der Waals surface area contributed by atoms with E-state index in [2.05, 4.69) is 20.6 Å². The molecule has 0 fully saturated rings. The molecule has 25 heavy (non-hydrogen) atoms. The van der Waals surface area contributed by atoms with E-state index in [0.717, 1.165) is 5.56 Å². The average Bonchev–Trinajstić information content (AvgIpc) is 2.60. The third kappa shape index (κ3) is 4.13. The minimum atomic E-state index is -0.510. The number of halogens is 3. The Labute approximate surface area is 147 Å². The van der Waals surface area contributed by atoms with Gasteiger partial charge >= 0.3 is 0 Å². The maximum atomic E-state index is 13.2. The Kier molecular flexibility index (Phi) is 4.95. The summed E-state index contributed by atoms with van der Waals surface area (Å²) in [5.41, 5.74) is 7.78. The number of hydrogen-bond donors (Lipinski definition) is 3. The predicted octanol–water partition coefficient (Wildman–Crippen LogP) is 4.35. The van der Waals surface area contributed by atoms with Gasteiger partial charge in [0.15, 0.2) is 11.6 Å². The van der Waals surface area contributed by atoms with Crippen molar-refractivity contribution in [3.8, 4) is 0 Å². The van der Waals surface area contributed by atoms with Crippen LogP contribution < -0.4 is 16.4 Å². The summed E-state index contributed by atoms with van der Waals surface area (Å²) >= 11 is 5.76. The van der Waals surface area contributed by atoms with E-state index in [4.69, 9.17) is 17.3 Å². The summed E-state index contributed by atoms with van der Waals surface area (Å²) in [6.45, 7) is 0.420. The van der Waals surface area contributed by atoms with E-state index >= 15 is 0 Å². The third-order valence-corrected chi connectivity index (χ3v) is 3.73. The highest BCUT2D eigenvalue weighted by Gasteiger charge is 2.09. The molecule has 2 aromatic carbocycles. The number of aromatic nitrogens is 2. The topological polar surface area (TPSA) is 75.9 Å². The van der Waals surface area contributed by atoms with Gasteiger partial charge in [-0.3, -0.25) is 0 Å². The largest absolute Gasteiger partial charge is 0.393 e. The Morgan fingerprint density at radius 3 is 2.44 bits per heavy atom. The van der Waals surface area contributed by atoms with Crippen LogP contribution in [0.25, 0.3) is 0 Å². The number of nitrogens with one attached hydrogen (secondary N) is 2. The van der Waals surface area contributed by atoms with Gasteiger partial charge in [0.1, 0.15) is 23.6 Å². The van der Waals surface area contributed by atoms with Crippen LogP contribution in [0.4, 0.5) is 31.8 Å². The second-order valence-corrected chi connectivity index (χ2v) is 5.63. The molecule has 1 heterocycles. The van der Waals surface area contributed by atoms with Gasteiger partial charge in [0, 0.05) is 12.2 Å². The molecule has 5 nitrogen and oxygen atoms in total. The first-order valence-electron chi connectivity index (χ1n) is 7.34. The highest BCUT2D eigenvalue weighted by atomic mass is 35.5. The molecule has 128 valence electrons. The highest BCUT2D eigenvalue weighted by Crippen LogP contribution is 2.28. The van der Waals surface area contributed by atoms with Crippen molar-refractivity contribution in [2.75, 3.05) is 16.4 Å². The zero-order chi connectivity index (χ0) is 17.8. The lowest BCUT2D eigenvalue weighted by atomic mass is 10.2. The van der Waals surface area contributed by atoms with E-state index in [9.17, 15) is 8.78 Å². The molecule has 0 aliphatic carbocycles. The summed E-state index contributed by atoms with van der Waals surface area (Å²) in [5, 5.41) is 6.03. The summed E-state index contributed by atoms with van der Waals surface area (Å²) in [5.74, 6) is -0.0198. The predicted molar refractivity (Wildman–Crippen MR) is 94.9 cm³/mol. The SMILES string of the molecule is Nc1c(NCc2ccc(F)cc2)ncnc1Nc1ccc(F)c(Cl)c1. The molecule has 0 amide bonds. The van der Waals surface area contributed by atoms with E-state index in [1.165, 1.54) is 36.7 Å². The highest BCUT2D eigenvalue weighted by molar-refractivity contribution is 6.31. The molecule has 0 saturated heterocycles. The van der Waals surface area contributed by atoms with E-state index in [0.29, 0.717) is 29.6 Å². The van der Waals surface area contributed by atoms with Gasteiger partial charge in [0.2, 0.25) is 0 Å². The fourth-order valence-corrected chi connectivity index (χ4v) is 2.32. The molecule has 8 heteroatoms. The molecular formula is C17H14ClF2N5. The maximum absolute atomic E-state index is 13.2. The first-order valence-corrected chi connectivity index (χ1v) is 7.71. The van der Waals surface area contributed by atoms with Crippen molar-refractivity contribution < 1.29 is 8.78 Å². The van der Waals surface area contributed by atoms with Gasteiger partial charge in [0.05, 0.1) is 5.02 Å². The Morgan fingerprint density at radius 2 is 1.72 bits per heavy atom. The lowest BCUT2D eigenvalue weighted by Gasteiger charge is -2.13. The molecule has 0 atom stereocenters. The van der Waals surface area contributed by atoms with Gasteiger partial charge in [0.25, 0.3) is 0 Å². The number of benzene rings is 2. The van der Waals surface area contributed by atoms with E-state index < -0.39 is 5.82 Å². The van der Waals surface area contributed by atoms with Crippen LogP contribution in [0.3, 0.4) is 0 Å². The molecule has 0 unspecified atom stereocenters. The van der Waals surface area contributed by atoms with Gasteiger partial charge in [-0.1, -0.05) is 23.7 Å². The Hall–Kier alpha value is -2.93. The minimum absolute atomic E-state index is 0.00714. The molecule has 0 bridgehead atoms. The fourth-order valence-electron chi connectivity index (χ4n) is 2.13. The van der Waals surface area contributed by atoms with Crippen molar-refractivity contribution in [2.45, 2.75) is 6.54 Å². The molecular weight excluding hydrogens is 348 g/mol. The number of anilines is 4. The average molecular weight is 362 g/mol. The van der Waals surface area contributed by atoms with E-state index in [-0.39, 0.29) is 10.8 Å². The van der Waals surface area contributed by atoms with Crippen LogP contribution in [-0.2, 0) is 6.54 Å². The first-order chi connectivity index (χ1) is 12.0. The number of nitrogens with two attached hydrogens (primary N) is 1. The van der Waals surface area contributed by atoms with Crippen molar-refractivity contribution in [2.24, 2.45) is 0 Å². The number of nitrogens with zero attached hydrogens (tertiary/aromatic N) is 2. The monoisotopic (exact) mass is 361 g/mol. The quantitative estimate of drug-likeness (QED) is 0.630. The zero-order valence-corrected chi connectivity index (χ0v) is 13.7. The van der Waals surface area contributed by atoms with Crippen LogP contribution in [0.2, 0.25) is 5.02 Å². The molecule has 0 radical (unpaired) electrons. The first kappa shape index (κ1) is 16.9. The Morgan fingerprint density at radius 1 is 1.00 bits per heavy atom. The number of hydrogen-bond acceptors (Lipinski definition) is 5. The van der Waals surface area contributed by atoms with Crippen molar-refractivity contribution in [1.82, 2.24) is 9.97 Å². The van der Waals surface area contributed by atoms with E-state index in [1.54, 1.807) is 12.1 Å². The lowest BCUT2D eigenvalue weighted by molar-refractivity contribution is 0.627. The molecule has 0 spiro atoms. The van der Waals surface area contributed by atoms with Crippen molar-refractivity contribution >= 4 is 34.6 Å². The molecule has 3 rings (SSSR count). The zero-order valence-electron chi connectivity index (χ0n) is 12.9. The number of nitrogen functional groups attached to an aromatic ring is 1. The summed E-state index contributed by atoms with van der Waals surface area (Å²) in [4.78, 5) is 8.18. The van der Waals surface area contributed by atoms with Crippen LogP contribution >= 0.6 is 11.6 Å². The van der Waals surface area contributed by atoms with Crippen LogP contribution in [0.1, 0.15) is 5.56 Å². The third-order valence-electron chi connectivity index (χ3n) is 3.44. The van der Waals surface area contributed by atoms with Gasteiger partial charge in [-0.15, -0.1) is 0 Å². The minimum Gasteiger partial charge on any atom is -0.393 e. The molecule has 3 aromatic rings. The Bertz CT molecular complexity index is 887. The normalized spacial score (nSPS) is 10.5. The second-order valence-electron chi connectivity index (χ2n) is 5.22. The second kappa shape index (κ2) is 7.31. The smallest absolute Gasteiger partial charge is 0.159 e. The van der Waals surface area contributed by atoms with Crippen LogP contribution in [0, 0.1) is 11.6 Å². The lowest BCUT2D eigenvalue weighted by Crippen LogP contribution is -2.08. The molecule has 0 saturated carbocycles. The maximum Gasteiger partial charge on any atom is 0.159 e. The van der Waals surface area contributed by atoms with Crippen LogP contribution in [0.5, 0.6) is 0 Å². The number of rotatable bonds is 5. The van der Waals surface area contributed by atoms with Gasteiger partial charge in [-0.2, -0.15) is 0 Å². The van der Waals surface area contributed by atoms with Crippen molar-refractivity contribution in [3.05, 3.63) is 71.0 Å².